The van der Waals surface area contributed by atoms with Crippen molar-refractivity contribution < 1.29 is 4.79 Å². The molecule has 1 aliphatic heterocycles. The van der Waals surface area contributed by atoms with Gasteiger partial charge >= 0.3 is 0 Å². The highest BCUT2D eigenvalue weighted by atomic mass is 16.2. The van der Waals surface area contributed by atoms with E-state index in [2.05, 4.69) is 13.8 Å². The Morgan fingerprint density at radius 1 is 1.21 bits per heavy atom. The number of amides is 1. The van der Waals surface area contributed by atoms with Crippen molar-refractivity contribution in [1.82, 2.24) is 0 Å². The van der Waals surface area contributed by atoms with Gasteiger partial charge in [0.1, 0.15) is 0 Å². The maximum absolute atomic E-state index is 11.7. The zero-order chi connectivity index (χ0) is 10.2. The molecule has 1 aromatic carbocycles. The lowest BCUT2D eigenvalue weighted by Crippen LogP contribution is -2.40. The second kappa shape index (κ2) is 3.12. The smallest absolute Gasteiger partial charge is 0.227 e. The molecule has 0 aliphatic carbocycles. The van der Waals surface area contributed by atoms with Gasteiger partial charge in [-0.25, -0.2) is 0 Å². The minimum atomic E-state index is -0.0293. The Hall–Kier alpha value is -1.31. The van der Waals surface area contributed by atoms with Gasteiger partial charge in [-0.3, -0.25) is 4.79 Å². The van der Waals surface area contributed by atoms with Crippen LogP contribution < -0.4 is 4.90 Å². The van der Waals surface area contributed by atoms with Crippen LogP contribution in [0.25, 0.3) is 0 Å². The lowest BCUT2D eigenvalue weighted by Gasteiger charge is -2.31. The van der Waals surface area contributed by atoms with Gasteiger partial charge in [-0.2, -0.15) is 0 Å². The van der Waals surface area contributed by atoms with Crippen LogP contribution >= 0.6 is 0 Å². The van der Waals surface area contributed by atoms with E-state index in [9.17, 15) is 4.79 Å². The Balaban J connectivity index is 2.38. The van der Waals surface area contributed by atoms with Gasteiger partial charge in [0.2, 0.25) is 5.91 Å². The molecule has 0 radical (unpaired) electrons. The summed E-state index contributed by atoms with van der Waals surface area (Å²) in [5, 5.41) is 0. The number of anilines is 1. The molecule has 0 aromatic heterocycles. The van der Waals surface area contributed by atoms with Crippen LogP contribution in [0.5, 0.6) is 0 Å². The maximum Gasteiger partial charge on any atom is 0.227 e. The summed E-state index contributed by atoms with van der Waals surface area (Å²) in [6, 6.07) is 9.89. The monoisotopic (exact) mass is 189 g/mol. The topological polar surface area (TPSA) is 20.3 Å². The highest BCUT2D eigenvalue weighted by Gasteiger charge is 2.38. The predicted molar refractivity (Wildman–Crippen MR) is 57.2 cm³/mol. The number of benzene rings is 1. The number of carbonyl (C=O) groups is 1. The summed E-state index contributed by atoms with van der Waals surface area (Å²) >= 11 is 0. The van der Waals surface area contributed by atoms with E-state index in [0.29, 0.717) is 6.42 Å². The number of hydrogen-bond donors (Lipinski definition) is 0. The Morgan fingerprint density at radius 3 is 2.36 bits per heavy atom. The van der Waals surface area contributed by atoms with Crippen LogP contribution in [-0.2, 0) is 4.79 Å². The second-order valence-electron chi connectivity index (χ2n) is 4.38. The number of hydrogen-bond acceptors (Lipinski definition) is 1. The number of carbonyl (C=O) groups excluding carboxylic acids is 1. The van der Waals surface area contributed by atoms with Gasteiger partial charge < -0.3 is 4.90 Å². The lowest BCUT2D eigenvalue weighted by molar-refractivity contribution is -0.117. The Morgan fingerprint density at radius 2 is 1.86 bits per heavy atom. The van der Waals surface area contributed by atoms with Crippen molar-refractivity contribution in [2.45, 2.75) is 32.2 Å². The fourth-order valence-corrected chi connectivity index (χ4v) is 2.04. The predicted octanol–water partition coefficient (Wildman–Crippen LogP) is 2.59. The Kier molecular flexibility index (Phi) is 2.06. The molecular weight excluding hydrogens is 174 g/mol. The first-order valence-electron chi connectivity index (χ1n) is 4.99. The summed E-state index contributed by atoms with van der Waals surface area (Å²) in [4.78, 5) is 13.6. The third-order valence-electron chi connectivity index (χ3n) is 2.82. The first-order chi connectivity index (χ1) is 6.61. The quantitative estimate of drug-likeness (QED) is 0.665. The highest BCUT2D eigenvalue weighted by Crippen LogP contribution is 2.33. The van der Waals surface area contributed by atoms with Gasteiger partial charge in [0.05, 0.1) is 0 Å². The molecule has 0 spiro atoms. The van der Waals surface area contributed by atoms with Crippen LogP contribution in [0.2, 0.25) is 0 Å². The fourth-order valence-electron chi connectivity index (χ4n) is 2.04. The molecule has 0 saturated carbocycles. The summed E-state index contributed by atoms with van der Waals surface area (Å²) in [6.07, 6.45) is 1.61. The van der Waals surface area contributed by atoms with E-state index in [4.69, 9.17) is 0 Å². The van der Waals surface area contributed by atoms with Crippen LogP contribution in [0.3, 0.4) is 0 Å². The third kappa shape index (κ3) is 1.41. The van der Waals surface area contributed by atoms with Crippen molar-refractivity contribution in [3.63, 3.8) is 0 Å². The highest BCUT2D eigenvalue weighted by molar-refractivity contribution is 5.97. The van der Waals surface area contributed by atoms with Crippen molar-refractivity contribution in [2.24, 2.45) is 0 Å². The molecule has 0 unspecified atom stereocenters. The average Bonchev–Trinajstić information content (AvgIpc) is 2.42. The SMILES string of the molecule is CC1(C)CCC(=O)N1c1ccccc1. The van der Waals surface area contributed by atoms with Gasteiger partial charge in [0.25, 0.3) is 0 Å². The normalized spacial score (nSPS) is 20.1. The molecule has 1 saturated heterocycles. The zero-order valence-corrected chi connectivity index (χ0v) is 8.66. The lowest BCUT2D eigenvalue weighted by atomic mass is 10.0. The number of nitrogens with zero attached hydrogens (tertiary/aromatic N) is 1. The van der Waals surface area contributed by atoms with Crippen LogP contribution in [0.1, 0.15) is 26.7 Å². The molecule has 2 heteroatoms. The standard InChI is InChI=1S/C12H15NO/c1-12(2)9-8-11(14)13(12)10-6-4-3-5-7-10/h3-7H,8-9H2,1-2H3. The van der Waals surface area contributed by atoms with E-state index in [0.717, 1.165) is 12.1 Å². The van der Waals surface area contributed by atoms with Crippen LogP contribution in [0.15, 0.2) is 30.3 Å². The minimum Gasteiger partial charge on any atom is -0.307 e. The molecule has 1 heterocycles. The van der Waals surface area contributed by atoms with E-state index in [1.165, 1.54) is 0 Å². The summed E-state index contributed by atoms with van der Waals surface area (Å²) in [7, 11) is 0. The van der Waals surface area contributed by atoms with Gasteiger partial charge in [-0.15, -0.1) is 0 Å². The molecule has 2 rings (SSSR count). The van der Waals surface area contributed by atoms with Crippen molar-refractivity contribution in [3.8, 4) is 0 Å². The average molecular weight is 189 g/mol. The summed E-state index contributed by atoms with van der Waals surface area (Å²) in [5.74, 6) is 0.237. The molecule has 0 atom stereocenters. The van der Waals surface area contributed by atoms with Crippen LogP contribution in [-0.4, -0.2) is 11.4 Å². The fraction of sp³-hybridized carbons (Fsp3) is 0.417. The van der Waals surface area contributed by atoms with Crippen LogP contribution in [0.4, 0.5) is 5.69 Å². The van der Waals surface area contributed by atoms with E-state index in [1.807, 2.05) is 35.2 Å². The third-order valence-corrected chi connectivity index (χ3v) is 2.82. The molecule has 1 aromatic rings. The molecule has 0 N–H and O–H groups in total. The molecular formula is C12H15NO. The molecule has 1 fully saturated rings. The van der Waals surface area contributed by atoms with E-state index >= 15 is 0 Å². The Labute approximate surface area is 84.5 Å². The van der Waals surface area contributed by atoms with E-state index < -0.39 is 0 Å². The summed E-state index contributed by atoms with van der Waals surface area (Å²) < 4.78 is 0. The van der Waals surface area contributed by atoms with E-state index in [1.54, 1.807) is 0 Å². The van der Waals surface area contributed by atoms with Gasteiger partial charge in [0, 0.05) is 17.6 Å². The van der Waals surface area contributed by atoms with Crippen molar-refractivity contribution in [2.75, 3.05) is 4.90 Å². The van der Waals surface area contributed by atoms with Crippen molar-refractivity contribution >= 4 is 11.6 Å². The number of para-hydroxylation sites is 1. The molecule has 0 bridgehead atoms. The second-order valence-corrected chi connectivity index (χ2v) is 4.38. The van der Waals surface area contributed by atoms with Crippen LogP contribution in [0, 0.1) is 0 Å². The van der Waals surface area contributed by atoms with E-state index in [-0.39, 0.29) is 11.4 Å². The van der Waals surface area contributed by atoms with Crippen molar-refractivity contribution in [3.05, 3.63) is 30.3 Å². The van der Waals surface area contributed by atoms with Gasteiger partial charge in [-0.05, 0) is 32.4 Å². The number of rotatable bonds is 1. The Bertz CT molecular complexity index is 343. The first-order valence-corrected chi connectivity index (χ1v) is 4.99. The van der Waals surface area contributed by atoms with Gasteiger partial charge in [0.15, 0.2) is 0 Å². The molecule has 1 aliphatic rings. The molecule has 1 amide bonds. The molecule has 74 valence electrons. The summed E-state index contributed by atoms with van der Waals surface area (Å²) in [5.41, 5.74) is 0.985. The first kappa shape index (κ1) is 9.25. The minimum absolute atomic E-state index is 0.0293. The zero-order valence-electron chi connectivity index (χ0n) is 8.66. The van der Waals surface area contributed by atoms with Gasteiger partial charge in [-0.1, -0.05) is 18.2 Å². The molecule has 2 nitrogen and oxygen atoms in total. The van der Waals surface area contributed by atoms with Crippen molar-refractivity contribution in [1.29, 1.82) is 0 Å². The molecule has 14 heavy (non-hydrogen) atoms. The summed E-state index contributed by atoms with van der Waals surface area (Å²) in [6.45, 7) is 4.23. The largest absolute Gasteiger partial charge is 0.307 e. The maximum atomic E-state index is 11.7.